The molecule has 3 rings (SSSR count). The van der Waals surface area contributed by atoms with Crippen LogP contribution in [0.15, 0.2) is 53.9 Å². The lowest BCUT2D eigenvalue weighted by Crippen LogP contribution is -2.28. The Hall–Kier alpha value is -2.37. The van der Waals surface area contributed by atoms with Gasteiger partial charge in [0.1, 0.15) is 5.75 Å². The number of amides is 1. The van der Waals surface area contributed by atoms with Crippen molar-refractivity contribution in [1.29, 1.82) is 0 Å². The van der Waals surface area contributed by atoms with Crippen LogP contribution in [0, 0.1) is 0 Å². The predicted molar refractivity (Wildman–Crippen MR) is 92.1 cm³/mol. The van der Waals surface area contributed by atoms with Crippen molar-refractivity contribution in [3.05, 3.63) is 65.0 Å². The number of fused-ring (bicyclic) bond motifs is 1. The maximum Gasteiger partial charge on any atom is 0.251 e. The highest BCUT2D eigenvalue weighted by Crippen LogP contribution is 2.29. The van der Waals surface area contributed by atoms with Crippen LogP contribution in [0.3, 0.4) is 0 Å². The smallest absolute Gasteiger partial charge is 0.251 e. The van der Waals surface area contributed by atoms with Crippen molar-refractivity contribution in [3.8, 4) is 5.75 Å². The van der Waals surface area contributed by atoms with E-state index in [0.29, 0.717) is 11.3 Å². The molecule has 1 aromatic heterocycles. The molecule has 118 valence electrons. The van der Waals surface area contributed by atoms with Gasteiger partial charge in [0.15, 0.2) is 0 Å². The first kappa shape index (κ1) is 15.5. The number of thiophene rings is 1. The topological polar surface area (TPSA) is 58.6 Å². The Morgan fingerprint density at radius 2 is 2.09 bits per heavy atom. The second kappa shape index (κ2) is 6.81. The van der Waals surface area contributed by atoms with Gasteiger partial charge in [-0.25, -0.2) is 0 Å². The number of benzene rings is 2. The van der Waals surface area contributed by atoms with Gasteiger partial charge < -0.3 is 15.2 Å². The van der Waals surface area contributed by atoms with Crippen molar-refractivity contribution >= 4 is 27.3 Å². The Kier molecular flexibility index (Phi) is 4.60. The Bertz CT molecular complexity index is 828. The fraction of sp³-hybridized carbons (Fsp3) is 0.167. The Labute approximate surface area is 138 Å². The van der Waals surface area contributed by atoms with Gasteiger partial charge in [0, 0.05) is 22.4 Å². The molecule has 2 aromatic carbocycles. The quantitative estimate of drug-likeness (QED) is 0.755. The molecular formula is C18H17NO3S. The van der Waals surface area contributed by atoms with Crippen molar-refractivity contribution < 1.29 is 14.6 Å². The number of rotatable bonds is 5. The lowest BCUT2D eigenvalue weighted by molar-refractivity contribution is 0.0917. The second-order valence-electron chi connectivity index (χ2n) is 5.14. The van der Waals surface area contributed by atoms with Gasteiger partial charge in [0.2, 0.25) is 0 Å². The average molecular weight is 327 g/mol. The molecule has 4 nitrogen and oxygen atoms in total. The van der Waals surface area contributed by atoms with E-state index in [2.05, 4.69) is 5.32 Å². The lowest BCUT2D eigenvalue weighted by atomic mass is 10.1. The van der Waals surface area contributed by atoms with Crippen LogP contribution >= 0.6 is 11.3 Å². The third-order valence-electron chi connectivity index (χ3n) is 3.66. The molecule has 0 saturated carbocycles. The minimum atomic E-state index is -0.735. The van der Waals surface area contributed by atoms with E-state index in [1.165, 1.54) is 0 Å². The molecule has 1 amide bonds. The number of hydrogen-bond donors (Lipinski definition) is 2. The molecule has 2 N–H and O–H groups in total. The Morgan fingerprint density at radius 3 is 2.91 bits per heavy atom. The molecular weight excluding hydrogens is 310 g/mol. The van der Waals surface area contributed by atoms with Gasteiger partial charge in [-0.05, 0) is 35.0 Å². The number of carbonyl (C=O) groups is 1. The van der Waals surface area contributed by atoms with E-state index < -0.39 is 6.10 Å². The van der Waals surface area contributed by atoms with E-state index >= 15 is 0 Å². The lowest BCUT2D eigenvalue weighted by Gasteiger charge is -2.12. The highest BCUT2D eigenvalue weighted by atomic mass is 32.1. The van der Waals surface area contributed by atoms with Crippen molar-refractivity contribution in [2.45, 2.75) is 6.10 Å². The van der Waals surface area contributed by atoms with E-state index in [9.17, 15) is 9.90 Å². The monoisotopic (exact) mass is 327 g/mol. The molecule has 0 fully saturated rings. The summed E-state index contributed by atoms with van der Waals surface area (Å²) in [7, 11) is 1.56. The largest absolute Gasteiger partial charge is 0.497 e. The zero-order valence-electron chi connectivity index (χ0n) is 12.7. The summed E-state index contributed by atoms with van der Waals surface area (Å²) in [4.78, 5) is 12.2. The predicted octanol–water partition coefficient (Wildman–Crippen LogP) is 3.37. The summed E-state index contributed by atoms with van der Waals surface area (Å²) < 4.78 is 6.24. The summed E-state index contributed by atoms with van der Waals surface area (Å²) in [6.45, 7) is 0.163. The van der Waals surface area contributed by atoms with Crippen LogP contribution in [0.2, 0.25) is 0 Å². The number of ether oxygens (including phenoxy) is 1. The molecule has 0 bridgehead atoms. The molecule has 1 heterocycles. The van der Waals surface area contributed by atoms with E-state index in [-0.39, 0.29) is 12.5 Å². The maximum absolute atomic E-state index is 12.2. The summed E-state index contributed by atoms with van der Waals surface area (Å²) in [6.07, 6.45) is -0.735. The number of hydrogen-bond acceptors (Lipinski definition) is 4. The van der Waals surface area contributed by atoms with Crippen LogP contribution in [0.5, 0.6) is 5.75 Å². The molecule has 5 heteroatoms. The molecule has 1 atom stereocenters. The van der Waals surface area contributed by atoms with Gasteiger partial charge in [-0.1, -0.05) is 24.3 Å². The van der Waals surface area contributed by atoms with Gasteiger partial charge in [0.05, 0.1) is 13.2 Å². The third-order valence-corrected chi connectivity index (χ3v) is 4.64. The molecule has 0 aliphatic rings. The average Bonchev–Trinajstić information content (AvgIpc) is 3.03. The Balaban J connectivity index is 1.68. The number of aliphatic hydroxyl groups is 1. The number of carbonyl (C=O) groups excluding carboxylic acids is 1. The highest BCUT2D eigenvalue weighted by Gasteiger charge is 2.15. The van der Waals surface area contributed by atoms with Gasteiger partial charge >= 0.3 is 0 Å². The SMILES string of the molecule is COc1cccc(C(=O)NCC(O)c2csc3ccccc23)c1. The highest BCUT2D eigenvalue weighted by molar-refractivity contribution is 7.17. The van der Waals surface area contributed by atoms with Gasteiger partial charge in [-0.15, -0.1) is 11.3 Å². The summed E-state index contributed by atoms with van der Waals surface area (Å²) in [5.74, 6) is 0.393. The maximum atomic E-state index is 12.2. The molecule has 23 heavy (non-hydrogen) atoms. The molecule has 0 radical (unpaired) electrons. The van der Waals surface area contributed by atoms with Crippen LogP contribution in [0.4, 0.5) is 0 Å². The fourth-order valence-electron chi connectivity index (χ4n) is 2.42. The molecule has 3 aromatic rings. The van der Waals surface area contributed by atoms with Crippen LogP contribution < -0.4 is 10.1 Å². The van der Waals surface area contributed by atoms with E-state index in [4.69, 9.17) is 4.74 Å². The summed E-state index contributed by atoms with van der Waals surface area (Å²) >= 11 is 1.59. The van der Waals surface area contributed by atoms with Crippen LogP contribution in [0.25, 0.3) is 10.1 Å². The standard InChI is InChI=1S/C18H17NO3S/c1-22-13-6-4-5-12(9-13)18(21)19-10-16(20)15-11-23-17-8-3-2-7-14(15)17/h2-9,11,16,20H,10H2,1H3,(H,19,21). The summed E-state index contributed by atoms with van der Waals surface area (Å²) in [5.41, 5.74) is 1.35. The molecule has 0 aliphatic carbocycles. The minimum absolute atomic E-state index is 0.163. The van der Waals surface area contributed by atoms with Gasteiger partial charge in [-0.3, -0.25) is 4.79 Å². The first-order valence-electron chi connectivity index (χ1n) is 7.25. The van der Waals surface area contributed by atoms with Gasteiger partial charge in [-0.2, -0.15) is 0 Å². The van der Waals surface area contributed by atoms with Gasteiger partial charge in [0.25, 0.3) is 5.91 Å². The molecule has 1 unspecified atom stereocenters. The first-order valence-corrected chi connectivity index (χ1v) is 8.13. The van der Waals surface area contributed by atoms with Crippen molar-refractivity contribution in [3.63, 3.8) is 0 Å². The van der Waals surface area contributed by atoms with Crippen LogP contribution in [-0.4, -0.2) is 24.7 Å². The normalized spacial score (nSPS) is 12.1. The van der Waals surface area contributed by atoms with E-state index in [0.717, 1.165) is 15.6 Å². The molecule has 0 saturated heterocycles. The number of aliphatic hydroxyl groups excluding tert-OH is 1. The second-order valence-corrected chi connectivity index (χ2v) is 6.06. The Morgan fingerprint density at radius 1 is 1.26 bits per heavy atom. The fourth-order valence-corrected chi connectivity index (χ4v) is 3.43. The van der Waals surface area contributed by atoms with E-state index in [1.54, 1.807) is 42.7 Å². The third kappa shape index (κ3) is 3.36. The number of nitrogens with one attached hydrogen (secondary N) is 1. The first-order chi connectivity index (χ1) is 11.2. The van der Waals surface area contributed by atoms with Crippen LogP contribution in [0.1, 0.15) is 22.0 Å². The minimum Gasteiger partial charge on any atom is -0.497 e. The molecule has 0 spiro atoms. The summed E-state index contributed by atoms with van der Waals surface area (Å²) in [5, 5.41) is 16.1. The van der Waals surface area contributed by atoms with Crippen LogP contribution in [-0.2, 0) is 0 Å². The zero-order valence-corrected chi connectivity index (χ0v) is 13.5. The van der Waals surface area contributed by atoms with E-state index in [1.807, 2.05) is 29.6 Å². The molecule has 0 aliphatic heterocycles. The van der Waals surface area contributed by atoms with Crippen molar-refractivity contribution in [1.82, 2.24) is 5.32 Å². The van der Waals surface area contributed by atoms with Crippen molar-refractivity contribution in [2.24, 2.45) is 0 Å². The zero-order chi connectivity index (χ0) is 16.2. The summed E-state index contributed by atoms with van der Waals surface area (Å²) in [6, 6.07) is 14.8. The number of methoxy groups -OCH3 is 1. The van der Waals surface area contributed by atoms with Crippen molar-refractivity contribution in [2.75, 3.05) is 13.7 Å².